The lowest BCUT2D eigenvalue weighted by Crippen LogP contribution is -2.19. The molecule has 4 nitrogen and oxygen atoms in total. The van der Waals surface area contributed by atoms with Crippen molar-refractivity contribution in [3.8, 4) is 17.2 Å². The van der Waals surface area contributed by atoms with Gasteiger partial charge in [-0.25, -0.2) is 0 Å². The number of esters is 1. The molecular formula is C14H18O4. The molecule has 0 unspecified atom stereocenters. The third-order valence-corrected chi connectivity index (χ3v) is 3.10. The Kier molecular flexibility index (Phi) is 4.07. The SMILES string of the molecule is COc1cc(OC(C)=O)ccc1OCC1CCC1. The molecule has 1 fully saturated rings. The zero-order chi connectivity index (χ0) is 13.0. The van der Waals surface area contributed by atoms with Gasteiger partial charge in [-0.1, -0.05) is 6.42 Å². The fourth-order valence-electron chi connectivity index (χ4n) is 1.86. The quantitative estimate of drug-likeness (QED) is 0.595. The molecule has 0 atom stereocenters. The summed E-state index contributed by atoms with van der Waals surface area (Å²) in [6.45, 7) is 2.09. The lowest BCUT2D eigenvalue weighted by Gasteiger charge is -2.25. The summed E-state index contributed by atoms with van der Waals surface area (Å²) in [5.41, 5.74) is 0. The highest BCUT2D eigenvalue weighted by Crippen LogP contribution is 2.33. The molecule has 0 heterocycles. The molecule has 1 aliphatic carbocycles. The van der Waals surface area contributed by atoms with Crippen LogP contribution in [0.2, 0.25) is 0 Å². The Morgan fingerprint density at radius 3 is 2.67 bits per heavy atom. The summed E-state index contributed by atoms with van der Waals surface area (Å²) < 4.78 is 16.0. The van der Waals surface area contributed by atoms with E-state index in [-0.39, 0.29) is 5.97 Å². The van der Waals surface area contributed by atoms with Gasteiger partial charge in [0.15, 0.2) is 11.5 Å². The van der Waals surface area contributed by atoms with Crippen LogP contribution in [-0.4, -0.2) is 19.7 Å². The molecule has 4 heteroatoms. The number of methoxy groups -OCH3 is 1. The highest BCUT2D eigenvalue weighted by atomic mass is 16.5. The number of carbonyl (C=O) groups is 1. The molecule has 1 aromatic carbocycles. The smallest absolute Gasteiger partial charge is 0.308 e. The summed E-state index contributed by atoms with van der Waals surface area (Å²) in [5.74, 6) is 2.08. The van der Waals surface area contributed by atoms with E-state index in [2.05, 4.69) is 0 Å². The van der Waals surface area contributed by atoms with Crippen LogP contribution >= 0.6 is 0 Å². The molecule has 0 amide bonds. The van der Waals surface area contributed by atoms with Crippen LogP contribution in [0.3, 0.4) is 0 Å². The molecular weight excluding hydrogens is 232 g/mol. The third kappa shape index (κ3) is 3.15. The maximum Gasteiger partial charge on any atom is 0.308 e. The number of benzene rings is 1. The Labute approximate surface area is 107 Å². The number of hydrogen-bond donors (Lipinski definition) is 0. The average Bonchev–Trinajstić information content (AvgIpc) is 2.27. The Bertz CT molecular complexity index is 424. The third-order valence-electron chi connectivity index (χ3n) is 3.10. The van der Waals surface area contributed by atoms with Crippen LogP contribution in [0.25, 0.3) is 0 Å². The first kappa shape index (κ1) is 12.7. The van der Waals surface area contributed by atoms with E-state index in [1.165, 1.54) is 26.2 Å². The normalized spacial score (nSPS) is 14.8. The molecule has 98 valence electrons. The van der Waals surface area contributed by atoms with Gasteiger partial charge in [0.25, 0.3) is 0 Å². The van der Waals surface area contributed by atoms with Crippen molar-refractivity contribution in [1.29, 1.82) is 0 Å². The van der Waals surface area contributed by atoms with E-state index in [1.54, 1.807) is 25.3 Å². The minimum atomic E-state index is -0.347. The van der Waals surface area contributed by atoms with E-state index in [1.807, 2.05) is 0 Å². The van der Waals surface area contributed by atoms with Crippen molar-refractivity contribution >= 4 is 5.97 Å². The summed E-state index contributed by atoms with van der Waals surface area (Å²) in [6.07, 6.45) is 3.79. The fraction of sp³-hybridized carbons (Fsp3) is 0.500. The zero-order valence-corrected chi connectivity index (χ0v) is 10.8. The van der Waals surface area contributed by atoms with Gasteiger partial charge in [-0.15, -0.1) is 0 Å². The molecule has 0 spiro atoms. The van der Waals surface area contributed by atoms with Crippen LogP contribution in [0.1, 0.15) is 26.2 Å². The Morgan fingerprint density at radius 1 is 1.33 bits per heavy atom. The average molecular weight is 250 g/mol. The first-order valence-corrected chi connectivity index (χ1v) is 6.18. The van der Waals surface area contributed by atoms with E-state index < -0.39 is 0 Å². The van der Waals surface area contributed by atoms with Gasteiger partial charge in [0.2, 0.25) is 0 Å². The molecule has 1 aliphatic rings. The molecule has 0 N–H and O–H groups in total. The van der Waals surface area contributed by atoms with Gasteiger partial charge in [0.05, 0.1) is 13.7 Å². The Hall–Kier alpha value is -1.71. The predicted octanol–water partition coefficient (Wildman–Crippen LogP) is 2.80. The minimum absolute atomic E-state index is 0.347. The van der Waals surface area contributed by atoms with Gasteiger partial charge in [-0.2, -0.15) is 0 Å². The van der Waals surface area contributed by atoms with Crippen LogP contribution in [0.4, 0.5) is 0 Å². The van der Waals surface area contributed by atoms with Crippen molar-refractivity contribution in [3.05, 3.63) is 18.2 Å². The van der Waals surface area contributed by atoms with Gasteiger partial charge < -0.3 is 14.2 Å². The number of ether oxygens (including phenoxy) is 3. The van der Waals surface area contributed by atoms with Gasteiger partial charge in [0, 0.05) is 13.0 Å². The molecule has 1 saturated carbocycles. The molecule has 0 aromatic heterocycles. The zero-order valence-electron chi connectivity index (χ0n) is 10.8. The minimum Gasteiger partial charge on any atom is -0.493 e. The Morgan fingerprint density at radius 2 is 2.11 bits per heavy atom. The Balaban J connectivity index is 2.02. The largest absolute Gasteiger partial charge is 0.493 e. The predicted molar refractivity (Wildman–Crippen MR) is 67.1 cm³/mol. The standard InChI is InChI=1S/C14H18O4/c1-10(15)18-12-6-7-13(14(8-12)16-2)17-9-11-4-3-5-11/h6-8,11H,3-5,9H2,1-2H3. The fourth-order valence-corrected chi connectivity index (χ4v) is 1.86. The van der Waals surface area contributed by atoms with Crippen molar-refractivity contribution in [1.82, 2.24) is 0 Å². The number of carbonyl (C=O) groups excluding carboxylic acids is 1. The molecule has 0 radical (unpaired) electrons. The van der Waals surface area contributed by atoms with Gasteiger partial charge in [-0.3, -0.25) is 4.79 Å². The van der Waals surface area contributed by atoms with Gasteiger partial charge >= 0.3 is 5.97 Å². The molecule has 2 rings (SSSR count). The molecule has 18 heavy (non-hydrogen) atoms. The summed E-state index contributed by atoms with van der Waals surface area (Å²) in [6, 6.07) is 5.15. The van der Waals surface area contributed by atoms with E-state index in [0.717, 1.165) is 6.61 Å². The van der Waals surface area contributed by atoms with E-state index in [4.69, 9.17) is 14.2 Å². The molecule has 0 aliphatic heterocycles. The van der Waals surface area contributed by atoms with Crippen molar-refractivity contribution in [3.63, 3.8) is 0 Å². The van der Waals surface area contributed by atoms with Gasteiger partial charge in [0.1, 0.15) is 5.75 Å². The number of hydrogen-bond acceptors (Lipinski definition) is 4. The summed E-state index contributed by atoms with van der Waals surface area (Å²) in [7, 11) is 1.57. The lowest BCUT2D eigenvalue weighted by atomic mass is 9.86. The van der Waals surface area contributed by atoms with Crippen LogP contribution in [0.5, 0.6) is 17.2 Å². The lowest BCUT2D eigenvalue weighted by molar-refractivity contribution is -0.131. The van der Waals surface area contributed by atoms with Crippen molar-refractivity contribution in [2.45, 2.75) is 26.2 Å². The van der Waals surface area contributed by atoms with Crippen molar-refractivity contribution < 1.29 is 19.0 Å². The first-order valence-electron chi connectivity index (χ1n) is 6.18. The maximum absolute atomic E-state index is 10.9. The summed E-state index contributed by atoms with van der Waals surface area (Å²) >= 11 is 0. The highest BCUT2D eigenvalue weighted by Gasteiger charge is 2.18. The molecule has 1 aromatic rings. The van der Waals surface area contributed by atoms with E-state index in [9.17, 15) is 4.79 Å². The van der Waals surface area contributed by atoms with E-state index >= 15 is 0 Å². The maximum atomic E-state index is 10.9. The highest BCUT2D eigenvalue weighted by molar-refractivity contribution is 5.69. The second kappa shape index (κ2) is 5.76. The molecule has 0 saturated heterocycles. The monoisotopic (exact) mass is 250 g/mol. The van der Waals surface area contributed by atoms with Crippen molar-refractivity contribution in [2.24, 2.45) is 5.92 Å². The molecule has 0 bridgehead atoms. The summed E-state index contributed by atoms with van der Waals surface area (Å²) in [5, 5.41) is 0. The van der Waals surface area contributed by atoms with Crippen molar-refractivity contribution in [2.75, 3.05) is 13.7 Å². The second-order valence-electron chi connectivity index (χ2n) is 4.51. The van der Waals surface area contributed by atoms with Crippen LogP contribution in [0, 0.1) is 5.92 Å². The topological polar surface area (TPSA) is 44.8 Å². The number of rotatable bonds is 5. The summed E-state index contributed by atoms with van der Waals surface area (Å²) in [4.78, 5) is 10.9. The van der Waals surface area contributed by atoms with Crippen LogP contribution in [-0.2, 0) is 4.79 Å². The van der Waals surface area contributed by atoms with E-state index in [0.29, 0.717) is 23.2 Å². The van der Waals surface area contributed by atoms with Crippen LogP contribution in [0.15, 0.2) is 18.2 Å². The first-order chi connectivity index (χ1) is 8.69. The van der Waals surface area contributed by atoms with Crippen LogP contribution < -0.4 is 14.2 Å². The van der Waals surface area contributed by atoms with Gasteiger partial charge in [-0.05, 0) is 30.9 Å². The second-order valence-corrected chi connectivity index (χ2v) is 4.51.